The Morgan fingerprint density at radius 2 is 2.05 bits per heavy atom. The zero-order chi connectivity index (χ0) is 25.4. The number of hydrogen-bond acceptors (Lipinski definition) is 7. The summed E-state index contributed by atoms with van der Waals surface area (Å²) in [5.74, 6) is 0.222. The quantitative estimate of drug-likeness (QED) is 0.466. The first-order valence-electron chi connectivity index (χ1n) is 12.8. The molecular weight excluding hydrogens is 492 g/mol. The number of nitrogens with one attached hydrogen (secondary N) is 1. The summed E-state index contributed by atoms with van der Waals surface area (Å²) >= 11 is 6.48. The molecule has 3 aromatic rings. The highest BCUT2D eigenvalue weighted by atomic mass is 35.5. The molecule has 0 spiro atoms. The van der Waals surface area contributed by atoms with Gasteiger partial charge in [0.15, 0.2) is 5.71 Å². The lowest BCUT2D eigenvalue weighted by Gasteiger charge is -2.29. The highest BCUT2D eigenvalue weighted by molar-refractivity contribution is 6.46. The van der Waals surface area contributed by atoms with E-state index in [1.807, 2.05) is 30.3 Å². The summed E-state index contributed by atoms with van der Waals surface area (Å²) in [5, 5.41) is 19.9. The zero-order valence-corrected chi connectivity index (χ0v) is 21.2. The van der Waals surface area contributed by atoms with Crippen molar-refractivity contribution in [1.82, 2.24) is 15.2 Å². The highest BCUT2D eigenvalue weighted by Gasteiger charge is 2.31. The van der Waals surface area contributed by atoms with Crippen LogP contribution in [0.2, 0.25) is 5.02 Å². The Hall–Kier alpha value is -3.20. The zero-order valence-electron chi connectivity index (χ0n) is 20.4. The molecule has 1 saturated heterocycles. The third kappa shape index (κ3) is 5.14. The van der Waals surface area contributed by atoms with Crippen molar-refractivity contribution in [3.05, 3.63) is 70.4 Å². The number of halogens is 1. The molecule has 0 unspecified atom stereocenters. The van der Waals surface area contributed by atoms with E-state index in [1.165, 1.54) is 0 Å². The predicted molar refractivity (Wildman–Crippen MR) is 141 cm³/mol. The van der Waals surface area contributed by atoms with Gasteiger partial charge < -0.3 is 24.9 Å². The van der Waals surface area contributed by atoms with Crippen LogP contribution in [-0.2, 0) is 16.2 Å². The summed E-state index contributed by atoms with van der Waals surface area (Å²) < 4.78 is 5.84. The van der Waals surface area contributed by atoms with Crippen molar-refractivity contribution >= 4 is 34.1 Å². The number of aromatic nitrogens is 1. The number of nitrogens with zero attached hydrogens (tertiary/aromatic N) is 3. The van der Waals surface area contributed by atoms with Crippen LogP contribution in [0.3, 0.4) is 0 Å². The molecule has 1 aliphatic carbocycles. The standard InChI is InChI=1S/C28H29ClN4O4/c29-22-14-17(5-10-25(22)37-18-6-7-18)27(34)24(15-33-12-1-2-13-33)31-28(35)26-20-8-9-23-19(4-3-11-30-23)21(20)16-36-32-26/h3-5,8-11,14,18,24,27,34H,1-2,6-7,12-13,15-16H2,(H,31,35)/t24-,27-/m1/s1. The average molecular weight is 521 g/mol. The molecule has 2 aliphatic heterocycles. The maximum Gasteiger partial charge on any atom is 0.274 e. The molecule has 1 amide bonds. The Kier molecular flexibility index (Phi) is 6.71. The van der Waals surface area contributed by atoms with Crippen LogP contribution in [0.4, 0.5) is 0 Å². The predicted octanol–water partition coefficient (Wildman–Crippen LogP) is 3.98. The average Bonchev–Trinajstić information content (AvgIpc) is 3.60. The van der Waals surface area contributed by atoms with E-state index in [2.05, 4.69) is 20.4 Å². The number of rotatable bonds is 8. The number of hydrogen-bond donors (Lipinski definition) is 2. The number of amides is 1. The van der Waals surface area contributed by atoms with Gasteiger partial charge in [-0.15, -0.1) is 0 Å². The number of ether oxygens (including phenoxy) is 1. The largest absolute Gasteiger partial charge is 0.489 e. The van der Waals surface area contributed by atoms with E-state index in [1.54, 1.807) is 18.3 Å². The summed E-state index contributed by atoms with van der Waals surface area (Å²) in [6, 6.07) is 12.3. The van der Waals surface area contributed by atoms with Crippen molar-refractivity contribution in [3.63, 3.8) is 0 Å². The minimum absolute atomic E-state index is 0.192. The number of benzene rings is 2. The molecule has 1 saturated carbocycles. The maximum atomic E-state index is 13.6. The second-order valence-corrected chi connectivity index (χ2v) is 10.3. The molecule has 2 fully saturated rings. The van der Waals surface area contributed by atoms with Gasteiger partial charge in [0, 0.05) is 29.3 Å². The monoisotopic (exact) mass is 520 g/mol. The minimum atomic E-state index is -0.970. The summed E-state index contributed by atoms with van der Waals surface area (Å²) in [5.41, 5.74) is 3.23. The Morgan fingerprint density at radius 1 is 1.22 bits per heavy atom. The lowest BCUT2D eigenvalue weighted by Crippen LogP contribution is -2.49. The molecule has 3 heterocycles. The molecule has 37 heavy (non-hydrogen) atoms. The molecule has 0 radical (unpaired) electrons. The molecular formula is C28H29ClN4O4. The molecule has 1 aromatic heterocycles. The van der Waals surface area contributed by atoms with Gasteiger partial charge in [-0.1, -0.05) is 28.9 Å². The first kappa shape index (κ1) is 24.2. The van der Waals surface area contributed by atoms with Crippen molar-refractivity contribution < 1.29 is 19.5 Å². The number of aliphatic hydroxyl groups excluding tert-OH is 1. The molecule has 9 heteroatoms. The van der Waals surface area contributed by atoms with E-state index in [4.69, 9.17) is 21.2 Å². The summed E-state index contributed by atoms with van der Waals surface area (Å²) in [6.45, 7) is 2.63. The van der Waals surface area contributed by atoms with E-state index >= 15 is 0 Å². The lowest BCUT2D eigenvalue weighted by molar-refractivity contribution is -0.116. The van der Waals surface area contributed by atoms with Gasteiger partial charge in [-0.25, -0.2) is 0 Å². The summed E-state index contributed by atoms with van der Waals surface area (Å²) in [7, 11) is 0. The van der Waals surface area contributed by atoms with Crippen molar-refractivity contribution in [3.8, 4) is 5.75 Å². The SMILES string of the molecule is O=C(N[C@H](CN1CCCC1)[C@H](O)c1ccc(OC2CC2)c(Cl)c1)C1=NOCc2c1ccc1ncccc21. The normalized spacial score (nSPS) is 19.0. The fourth-order valence-corrected chi connectivity index (χ4v) is 5.30. The highest BCUT2D eigenvalue weighted by Crippen LogP contribution is 2.34. The number of likely N-dealkylation sites (tertiary alicyclic amines) is 1. The molecule has 3 aliphatic rings. The number of fused-ring (bicyclic) bond motifs is 3. The van der Waals surface area contributed by atoms with Gasteiger partial charge in [0.25, 0.3) is 5.91 Å². The van der Waals surface area contributed by atoms with Crippen LogP contribution in [0.25, 0.3) is 10.9 Å². The Labute approximate surface area is 220 Å². The molecule has 2 N–H and O–H groups in total. The van der Waals surface area contributed by atoms with Gasteiger partial charge in [-0.3, -0.25) is 9.78 Å². The topological polar surface area (TPSA) is 96.3 Å². The van der Waals surface area contributed by atoms with Crippen LogP contribution in [0.1, 0.15) is 48.5 Å². The summed E-state index contributed by atoms with van der Waals surface area (Å²) in [4.78, 5) is 25.7. The molecule has 192 valence electrons. The van der Waals surface area contributed by atoms with Crippen LogP contribution in [0.5, 0.6) is 5.75 Å². The molecule has 6 rings (SSSR count). The molecule has 8 nitrogen and oxygen atoms in total. The third-order valence-corrected chi connectivity index (χ3v) is 7.49. The van der Waals surface area contributed by atoms with Crippen LogP contribution >= 0.6 is 11.6 Å². The smallest absolute Gasteiger partial charge is 0.274 e. The van der Waals surface area contributed by atoms with Crippen molar-refractivity contribution in [2.45, 2.75) is 50.5 Å². The Bertz CT molecular complexity index is 1350. The van der Waals surface area contributed by atoms with Crippen LogP contribution < -0.4 is 10.1 Å². The minimum Gasteiger partial charge on any atom is -0.489 e. The van der Waals surface area contributed by atoms with E-state index in [0.29, 0.717) is 28.4 Å². The second-order valence-electron chi connectivity index (χ2n) is 9.91. The Balaban J connectivity index is 1.25. The molecule has 2 aromatic carbocycles. The van der Waals surface area contributed by atoms with Crippen molar-refractivity contribution in [2.75, 3.05) is 19.6 Å². The number of oxime groups is 1. The van der Waals surface area contributed by atoms with E-state index < -0.39 is 18.1 Å². The van der Waals surface area contributed by atoms with E-state index in [9.17, 15) is 9.90 Å². The molecule has 0 bridgehead atoms. The van der Waals surface area contributed by atoms with Gasteiger partial charge >= 0.3 is 0 Å². The van der Waals surface area contributed by atoms with Crippen LogP contribution in [0, 0.1) is 0 Å². The van der Waals surface area contributed by atoms with Crippen LogP contribution in [0.15, 0.2) is 53.8 Å². The number of carbonyl (C=O) groups is 1. The van der Waals surface area contributed by atoms with Crippen molar-refractivity contribution in [2.24, 2.45) is 5.16 Å². The van der Waals surface area contributed by atoms with Gasteiger partial charge in [0.1, 0.15) is 18.5 Å². The first-order valence-corrected chi connectivity index (χ1v) is 13.2. The number of pyridine rings is 1. The number of carbonyl (C=O) groups excluding carboxylic acids is 1. The Morgan fingerprint density at radius 3 is 2.84 bits per heavy atom. The maximum absolute atomic E-state index is 13.6. The van der Waals surface area contributed by atoms with Crippen LogP contribution in [-0.4, -0.2) is 58.4 Å². The first-order chi connectivity index (χ1) is 18.1. The van der Waals surface area contributed by atoms with Gasteiger partial charge in [0.2, 0.25) is 0 Å². The second kappa shape index (κ2) is 10.3. The fourth-order valence-electron chi connectivity index (χ4n) is 5.06. The van der Waals surface area contributed by atoms with E-state index in [-0.39, 0.29) is 18.4 Å². The van der Waals surface area contributed by atoms with Gasteiger partial charge in [-0.2, -0.15) is 0 Å². The lowest BCUT2D eigenvalue weighted by atomic mass is 9.96. The number of aliphatic hydroxyl groups is 1. The third-order valence-electron chi connectivity index (χ3n) is 7.20. The molecule has 2 atom stereocenters. The van der Waals surface area contributed by atoms with E-state index in [0.717, 1.165) is 55.2 Å². The van der Waals surface area contributed by atoms with Crippen molar-refractivity contribution in [1.29, 1.82) is 0 Å². The van der Waals surface area contributed by atoms with Gasteiger partial charge in [0.05, 0.1) is 22.7 Å². The fraction of sp³-hybridized carbons (Fsp3) is 0.393. The van der Waals surface area contributed by atoms with Gasteiger partial charge in [-0.05, 0) is 74.7 Å². The summed E-state index contributed by atoms with van der Waals surface area (Å²) in [6.07, 6.45) is 5.27.